The Labute approximate surface area is 301 Å². The molecule has 1 amide bonds. The van der Waals surface area contributed by atoms with E-state index >= 15 is 0 Å². The molecule has 0 unspecified atom stereocenters. The van der Waals surface area contributed by atoms with Crippen molar-refractivity contribution in [2.45, 2.75) is 84.0 Å². The predicted molar refractivity (Wildman–Crippen MR) is 198 cm³/mol. The number of carbonyl (C=O) groups is 4. The van der Waals surface area contributed by atoms with E-state index in [1.165, 1.54) is 70.6 Å². The van der Waals surface area contributed by atoms with Gasteiger partial charge in [0, 0.05) is 58.3 Å². The van der Waals surface area contributed by atoms with Gasteiger partial charge in [-0.15, -0.1) is 0 Å². The first kappa shape index (κ1) is 42.1. The molecule has 0 aromatic carbocycles. The van der Waals surface area contributed by atoms with Crippen LogP contribution in [0, 0.1) is 0 Å². The van der Waals surface area contributed by atoms with Gasteiger partial charge in [-0.2, -0.15) is 0 Å². The van der Waals surface area contributed by atoms with Gasteiger partial charge >= 0.3 is 17.9 Å². The first-order valence-electron chi connectivity index (χ1n) is 20.0. The van der Waals surface area contributed by atoms with E-state index in [0.29, 0.717) is 59.0 Å². The minimum atomic E-state index is -0.992. The molecule has 286 valence electrons. The quantitative estimate of drug-likeness (QED) is 0.0696. The second-order valence-electron chi connectivity index (χ2n) is 12.9. The maximum atomic E-state index is 12.9. The highest BCUT2D eigenvalue weighted by molar-refractivity contribution is 5.78. The van der Waals surface area contributed by atoms with E-state index < -0.39 is 17.9 Å². The third-order valence-electron chi connectivity index (χ3n) is 8.44. The maximum Gasteiger partial charge on any atom is 0.317 e. The summed E-state index contributed by atoms with van der Waals surface area (Å²) in [6.45, 7) is 12.5. The molecule has 1 rings (SSSR count). The van der Waals surface area contributed by atoms with Gasteiger partial charge < -0.3 is 20.6 Å². The number of nitrogens with zero attached hydrogens (tertiary/aromatic N) is 5. The van der Waals surface area contributed by atoms with Crippen molar-refractivity contribution < 1.29 is 40.4 Å². The second-order valence-corrected chi connectivity index (χ2v) is 12.9. The van der Waals surface area contributed by atoms with Crippen LogP contribution in [0.4, 0.5) is 0 Å². The van der Waals surface area contributed by atoms with Crippen LogP contribution in [0.2, 0.25) is 0 Å². The van der Waals surface area contributed by atoms with Crippen LogP contribution in [-0.2, 0) is 19.2 Å². The first-order valence-corrected chi connectivity index (χ1v) is 18.0. The summed E-state index contributed by atoms with van der Waals surface area (Å²) in [7, 11) is 2.00. The van der Waals surface area contributed by atoms with Crippen molar-refractivity contribution in [3.05, 3.63) is 24.6 Å². The van der Waals surface area contributed by atoms with Crippen molar-refractivity contribution in [2.75, 3.05) is 98.8 Å². The Hall–Kier alpha value is -3.02. The molecule has 13 nitrogen and oxygen atoms in total. The molecule has 1 saturated heterocycles. The standard InChI is InChI=1S/C32H62N6O7.C4H4.2H2/c1-3-4-5-6-7-8-9-10-11-12-13-14-15-34(2)28-33-29(39)24-35-16-18-36(25-30(40)41)20-22-38(27-32(44)45)23-21-37(19-17-35)26-31(42)43;1-3-4-2;;/h3-28H2,1-2H3,(H,33,39)(H,40,41)(H,42,43)(H,44,45);1-2H2;2*1H/i;;2*1+1D. The summed E-state index contributed by atoms with van der Waals surface area (Å²) in [5.74, 6) is -3.07. The maximum absolute atomic E-state index is 12.9. The molecule has 49 heavy (non-hydrogen) atoms. The highest BCUT2D eigenvalue weighted by Crippen LogP contribution is 2.12. The van der Waals surface area contributed by atoms with Gasteiger partial charge in [-0.1, -0.05) is 89.0 Å². The van der Waals surface area contributed by atoms with Gasteiger partial charge in [0.25, 0.3) is 0 Å². The summed E-state index contributed by atoms with van der Waals surface area (Å²) >= 11 is 0. The summed E-state index contributed by atoms with van der Waals surface area (Å²) in [5, 5.41) is 31.1. The average Bonchev–Trinajstić information content (AvgIpc) is 3.13. The number of hydrogen-bond acceptors (Lipinski definition) is 9. The van der Waals surface area contributed by atoms with Crippen molar-refractivity contribution >= 4 is 23.8 Å². The number of hydrogen-bond donors (Lipinski definition) is 4. The highest BCUT2D eigenvalue weighted by Gasteiger charge is 2.21. The molecule has 0 saturated carbocycles. The van der Waals surface area contributed by atoms with Crippen molar-refractivity contribution in [3.8, 4) is 0 Å². The monoisotopic (exact) mass is 703 g/mol. The topological polar surface area (TPSA) is 157 Å². The fourth-order valence-electron chi connectivity index (χ4n) is 5.57. The molecule has 1 aliphatic rings. The Morgan fingerprint density at radius 2 is 0.918 bits per heavy atom. The van der Waals surface area contributed by atoms with Crippen LogP contribution >= 0.6 is 0 Å². The number of nitrogens with one attached hydrogen (secondary N) is 1. The van der Waals surface area contributed by atoms with Gasteiger partial charge in [-0.3, -0.25) is 43.7 Å². The highest BCUT2D eigenvalue weighted by atomic mass is 16.4. The summed E-state index contributed by atoms with van der Waals surface area (Å²) in [6.07, 6.45) is 15.6. The van der Waals surface area contributed by atoms with E-state index in [1.807, 2.05) is 11.9 Å². The Morgan fingerprint density at radius 3 is 1.22 bits per heavy atom. The van der Waals surface area contributed by atoms with E-state index in [2.05, 4.69) is 41.8 Å². The molecule has 4 N–H and O–H groups in total. The van der Waals surface area contributed by atoms with Crippen LogP contribution in [0.25, 0.3) is 0 Å². The largest absolute Gasteiger partial charge is 0.480 e. The molecule has 1 fully saturated rings. The third-order valence-corrected chi connectivity index (χ3v) is 8.44. The van der Waals surface area contributed by atoms with Gasteiger partial charge in [0.05, 0.1) is 32.8 Å². The van der Waals surface area contributed by atoms with E-state index in [-0.39, 0.29) is 32.1 Å². The van der Waals surface area contributed by atoms with E-state index in [4.69, 9.17) is 5.94 Å². The van der Waals surface area contributed by atoms with Crippen molar-refractivity contribution in [3.63, 3.8) is 0 Å². The molecule has 0 bridgehead atoms. The molecule has 0 aromatic rings. The predicted octanol–water partition coefficient (Wildman–Crippen LogP) is 3.77. The molecule has 0 atom stereocenters. The van der Waals surface area contributed by atoms with Gasteiger partial charge in [0.15, 0.2) is 0 Å². The summed E-state index contributed by atoms with van der Waals surface area (Å²) in [5.41, 5.74) is 4.64. The van der Waals surface area contributed by atoms with Crippen LogP contribution in [0.15, 0.2) is 24.6 Å². The molecule has 0 spiro atoms. The van der Waals surface area contributed by atoms with Gasteiger partial charge in [-0.25, -0.2) is 0 Å². The number of carboxylic acid groups (broad SMARTS) is 3. The molecule has 0 radical (unpaired) electrons. The number of rotatable bonds is 23. The Kier molecular flexibility index (Phi) is 26.7. The number of aliphatic carboxylic acids is 3. The fraction of sp³-hybridized carbons (Fsp3) is 0.778. The lowest BCUT2D eigenvalue weighted by Crippen LogP contribution is -2.50. The lowest BCUT2D eigenvalue weighted by Gasteiger charge is -2.33. The Bertz CT molecular complexity index is 965. The van der Waals surface area contributed by atoms with E-state index in [1.54, 1.807) is 14.7 Å². The van der Waals surface area contributed by atoms with E-state index in [9.17, 15) is 34.5 Å². The normalized spacial score (nSPS) is 15.9. The van der Waals surface area contributed by atoms with Gasteiger partial charge in [0.2, 0.25) is 5.91 Å². The first-order chi connectivity index (χ1) is 25.5. The SMILES string of the molecule is C=C=C=C.CCCCCCCCCCCCCCN(C)CNC(=O)CN1CCN(CC(=O)O)CCN(CC(=O)O)CCN(CC(=O)O)CC1.[2H][2H].[2H][2H]. The average molecular weight is 703 g/mol. The van der Waals surface area contributed by atoms with Crippen LogP contribution in [0.1, 0.15) is 89.9 Å². The minimum Gasteiger partial charge on any atom is -0.480 e. The smallest absolute Gasteiger partial charge is 0.317 e. The molecule has 0 aliphatic carbocycles. The molecule has 0 aromatic heterocycles. The minimum absolute atomic E-state index is 0.124. The molecular weight excluding hydrogens is 628 g/mol. The van der Waals surface area contributed by atoms with E-state index in [0.717, 1.165) is 13.0 Å². The zero-order valence-corrected chi connectivity index (χ0v) is 30.5. The summed E-state index contributed by atoms with van der Waals surface area (Å²) < 4.78 is 20.0. The van der Waals surface area contributed by atoms with Crippen LogP contribution < -0.4 is 5.32 Å². The number of carboxylic acids is 3. The molecule has 13 heteroatoms. The third kappa shape index (κ3) is 29.6. The summed E-state index contributed by atoms with van der Waals surface area (Å²) in [4.78, 5) is 56.4. The molecular formula is C36H70N6O7. The number of carbonyl (C=O) groups excluding carboxylic acids is 1. The fourth-order valence-corrected chi connectivity index (χ4v) is 5.57. The molecule has 1 heterocycles. The van der Waals surface area contributed by atoms with Gasteiger partial charge in [-0.05, 0) is 33.2 Å². The molecule has 1 aliphatic heterocycles. The van der Waals surface area contributed by atoms with Crippen LogP contribution in [0.3, 0.4) is 0 Å². The zero-order chi connectivity index (χ0) is 40.7. The summed E-state index contributed by atoms with van der Waals surface area (Å²) in [6, 6.07) is 0. The lowest BCUT2D eigenvalue weighted by atomic mass is 10.1. The Balaban J connectivity index is -0.00000286. The van der Waals surface area contributed by atoms with Crippen molar-refractivity contribution in [1.82, 2.24) is 29.8 Å². The van der Waals surface area contributed by atoms with Gasteiger partial charge in [0.1, 0.15) is 0 Å². The zero-order valence-electron chi connectivity index (χ0n) is 34.5. The van der Waals surface area contributed by atoms with Crippen LogP contribution in [-0.4, -0.2) is 162 Å². The number of amides is 1. The van der Waals surface area contributed by atoms with Crippen molar-refractivity contribution in [1.29, 1.82) is 0 Å². The second kappa shape index (κ2) is 31.0. The van der Waals surface area contributed by atoms with Crippen LogP contribution in [0.5, 0.6) is 0 Å². The Morgan fingerprint density at radius 1 is 0.612 bits per heavy atom. The lowest BCUT2D eigenvalue weighted by molar-refractivity contribution is -0.140. The number of unbranched alkanes of at least 4 members (excludes halogenated alkanes) is 11. The van der Waals surface area contributed by atoms with Crippen molar-refractivity contribution in [2.24, 2.45) is 0 Å².